The number of hydrogen-bond donors (Lipinski definition) is 5. The molecule has 286 valence electrons. The highest BCUT2D eigenvalue weighted by molar-refractivity contribution is 7.90. The Hall–Kier alpha value is -4.37. The lowest BCUT2D eigenvalue weighted by Gasteiger charge is -2.28. The summed E-state index contributed by atoms with van der Waals surface area (Å²) in [6.45, 7) is 15.3. The maximum absolute atomic E-state index is 13.6. The van der Waals surface area contributed by atoms with Gasteiger partial charge in [-0.25, -0.2) is 17.9 Å². The van der Waals surface area contributed by atoms with Crippen molar-refractivity contribution in [1.29, 1.82) is 0 Å². The fourth-order valence-electron chi connectivity index (χ4n) is 6.78. The van der Waals surface area contributed by atoms with Crippen LogP contribution in [-0.2, 0) is 37.2 Å². The van der Waals surface area contributed by atoms with Crippen molar-refractivity contribution in [3.63, 3.8) is 0 Å². The zero-order chi connectivity index (χ0) is 38.8. The summed E-state index contributed by atoms with van der Waals surface area (Å²) >= 11 is 0. The minimum absolute atomic E-state index is 0.0224. The highest BCUT2D eigenvalue weighted by Crippen LogP contribution is 2.43. The molecule has 7 N–H and O–H groups in total. The lowest BCUT2D eigenvalue weighted by Crippen LogP contribution is -2.54. The number of rotatable bonds is 13. The van der Waals surface area contributed by atoms with Crippen LogP contribution in [0, 0.1) is 20.8 Å². The normalized spacial score (nSPS) is 18.3. The highest BCUT2D eigenvalue weighted by Gasteiger charge is 2.39. The molecule has 0 saturated carbocycles. The number of carboxylic acids is 1. The lowest BCUT2D eigenvalue weighted by atomic mass is 9.94. The lowest BCUT2D eigenvalue weighted by molar-refractivity contribution is -0.149. The zero-order valence-electron chi connectivity index (χ0n) is 31.5. The number of aliphatic carboxylic acids is 1. The topological polar surface area (TPSA) is 216 Å². The first kappa shape index (κ1) is 40.4. The predicted octanol–water partition coefficient (Wildman–Crippen LogP) is 3.01. The van der Waals surface area contributed by atoms with Crippen LogP contribution in [0.3, 0.4) is 0 Å². The summed E-state index contributed by atoms with van der Waals surface area (Å²) in [5.74, 6) is -1.15. The van der Waals surface area contributed by atoms with E-state index in [1.54, 1.807) is 26.0 Å². The molecule has 2 aromatic carbocycles. The quantitative estimate of drug-likeness (QED) is 0.115. The van der Waals surface area contributed by atoms with Gasteiger partial charge in [0.1, 0.15) is 34.8 Å². The molecule has 0 aliphatic carbocycles. The number of likely N-dealkylation sites (tertiary alicyclic amines) is 1. The Morgan fingerprint density at radius 1 is 1.12 bits per heavy atom. The van der Waals surface area contributed by atoms with Crippen molar-refractivity contribution in [1.82, 2.24) is 14.9 Å². The van der Waals surface area contributed by atoms with Gasteiger partial charge in [0.2, 0.25) is 17.8 Å². The number of ether oxygens (including phenoxy) is 2. The molecule has 0 bridgehead atoms. The van der Waals surface area contributed by atoms with E-state index in [0.717, 1.165) is 16.7 Å². The van der Waals surface area contributed by atoms with E-state index in [2.05, 4.69) is 15.0 Å². The third-order valence-electron chi connectivity index (χ3n) is 9.31. The summed E-state index contributed by atoms with van der Waals surface area (Å²) in [6, 6.07) is 4.16. The molecule has 0 radical (unpaired) electrons. The monoisotopic (exact) mass is 742 g/mol. The summed E-state index contributed by atoms with van der Waals surface area (Å²) in [5, 5.41) is 12.4. The van der Waals surface area contributed by atoms with E-state index in [1.165, 1.54) is 4.90 Å². The molecule has 0 unspecified atom stereocenters. The van der Waals surface area contributed by atoms with Crippen molar-refractivity contribution in [2.24, 2.45) is 16.5 Å². The number of nitrogens with one attached hydrogen (secondary N) is 2. The number of benzene rings is 2. The fraction of sp³-hybridized carbons (Fsp3) is 0.568. The molecular weight excluding hydrogens is 689 g/mol. The maximum Gasteiger partial charge on any atom is 0.326 e. The van der Waals surface area contributed by atoms with Gasteiger partial charge in [0.15, 0.2) is 0 Å². The van der Waals surface area contributed by atoms with Gasteiger partial charge in [-0.3, -0.25) is 14.6 Å². The molecule has 4 rings (SSSR count). The van der Waals surface area contributed by atoms with Crippen molar-refractivity contribution in [2.75, 3.05) is 13.1 Å². The minimum atomic E-state index is -4.11. The van der Waals surface area contributed by atoms with E-state index in [4.69, 9.17) is 20.9 Å². The van der Waals surface area contributed by atoms with Crippen LogP contribution in [0.25, 0.3) is 0 Å². The molecule has 2 aliphatic heterocycles. The number of amides is 2. The Kier molecular flexibility index (Phi) is 12.2. The third kappa shape index (κ3) is 9.73. The number of sulfonamides is 1. The average molecular weight is 743 g/mol. The molecule has 2 aromatic rings. The molecule has 1 saturated heterocycles. The molecule has 0 spiro atoms. The van der Waals surface area contributed by atoms with Crippen molar-refractivity contribution in [3.05, 3.63) is 52.1 Å². The van der Waals surface area contributed by atoms with Crippen LogP contribution < -0.4 is 31.0 Å². The number of carbonyl (C=O) groups excluding carboxylic acids is 2. The number of carbonyl (C=O) groups is 3. The predicted molar refractivity (Wildman–Crippen MR) is 198 cm³/mol. The van der Waals surface area contributed by atoms with Crippen molar-refractivity contribution < 1.29 is 37.4 Å². The van der Waals surface area contributed by atoms with Crippen molar-refractivity contribution in [2.45, 2.75) is 128 Å². The molecule has 2 amide bonds. The van der Waals surface area contributed by atoms with Crippen LogP contribution in [0.15, 0.2) is 34.2 Å². The Morgan fingerprint density at radius 2 is 1.77 bits per heavy atom. The first-order valence-corrected chi connectivity index (χ1v) is 19.1. The molecule has 0 aromatic heterocycles. The second-order valence-electron chi connectivity index (χ2n) is 15.3. The third-order valence-corrected chi connectivity index (χ3v) is 10.9. The molecular formula is C37H54N6O8S. The van der Waals surface area contributed by atoms with Crippen LogP contribution in [0.5, 0.6) is 11.5 Å². The van der Waals surface area contributed by atoms with Gasteiger partial charge in [-0.15, -0.1) is 0 Å². The van der Waals surface area contributed by atoms with E-state index in [1.807, 2.05) is 53.7 Å². The van der Waals surface area contributed by atoms with Gasteiger partial charge in [0.05, 0.1) is 10.9 Å². The Bertz CT molecular complexity index is 1820. The molecule has 3 atom stereocenters. The van der Waals surface area contributed by atoms with E-state index in [0.29, 0.717) is 41.9 Å². The minimum Gasteiger partial charge on any atom is -0.488 e. The smallest absolute Gasteiger partial charge is 0.326 e. The van der Waals surface area contributed by atoms with Gasteiger partial charge in [-0.1, -0.05) is 12.1 Å². The standard InChI is InChI=1S/C37H54N6O8S/c1-21-22(2)31(23(3)26-20-37(7,8)51-30(21)26)52(48,49)42-35(39)40-17-9-11-28(33(45)43-18-10-12-29(43)34(46)47)41-32(44)27(38)19-24-13-15-25(16-14-24)50-36(4,5)6/h13-16,27-29H,9-12,17-20,38H2,1-8H3,(H,41,44)(H,46,47)(H3,39,40,42)/t27-,28-,29-/m0/s1. The number of nitrogens with two attached hydrogens (primary N) is 2. The summed E-state index contributed by atoms with van der Waals surface area (Å²) in [4.78, 5) is 44.4. The Labute approximate surface area is 306 Å². The molecule has 2 heterocycles. The van der Waals surface area contributed by atoms with Gasteiger partial charge in [-0.05, 0) is 122 Å². The SMILES string of the molecule is Cc1c(C)c(S(=O)(=O)NC(N)=NCCC[C@H](NC(=O)[C@@H](N)Cc2ccc(OC(C)(C)C)cc2)C(=O)N2CCC[C@H]2C(=O)O)c(C)c2c1OC(C)(C)C2. The number of guanidine groups is 1. The van der Waals surface area contributed by atoms with Crippen LogP contribution in [0.2, 0.25) is 0 Å². The molecule has 14 nitrogen and oxygen atoms in total. The first-order valence-electron chi connectivity index (χ1n) is 17.6. The van der Waals surface area contributed by atoms with E-state index in [9.17, 15) is 27.9 Å². The first-order chi connectivity index (χ1) is 24.1. The maximum atomic E-state index is 13.6. The zero-order valence-corrected chi connectivity index (χ0v) is 32.3. The number of hydrogen-bond acceptors (Lipinski definition) is 9. The number of carboxylic acid groups (broad SMARTS) is 1. The van der Waals surface area contributed by atoms with Crippen LogP contribution >= 0.6 is 0 Å². The van der Waals surface area contributed by atoms with Crippen LogP contribution in [-0.4, -0.2) is 84.6 Å². The van der Waals surface area contributed by atoms with Crippen molar-refractivity contribution in [3.8, 4) is 11.5 Å². The summed E-state index contributed by atoms with van der Waals surface area (Å²) in [7, 11) is -4.11. The summed E-state index contributed by atoms with van der Waals surface area (Å²) in [6.07, 6.45) is 1.89. The molecule has 1 fully saturated rings. The van der Waals surface area contributed by atoms with E-state index in [-0.39, 0.29) is 48.8 Å². The largest absolute Gasteiger partial charge is 0.488 e. The second kappa shape index (κ2) is 15.7. The van der Waals surface area contributed by atoms with Gasteiger partial charge < -0.3 is 36.3 Å². The average Bonchev–Trinajstić information content (AvgIpc) is 3.66. The van der Waals surface area contributed by atoms with Gasteiger partial charge in [0.25, 0.3) is 10.0 Å². The van der Waals surface area contributed by atoms with E-state index >= 15 is 0 Å². The number of nitrogens with zero attached hydrogens (tertiary/aromatic N) is 2. The summed E-state index contributed by atoms with van der Waals surface area (Å²) in [5.41, 5.74) is 15.0. The Morgan fingerprint density at radius 3 is 2.38 bits per heavy atom. The van der Waals surface area contributed by atoms with Crippen molar-refractivity contribution >= 4 is 33.8 Å². The van der Waals surface area contributed by atoms with Crippen LogP contribution in [0.4, 0.5) is 0 Å². The number of fused-ring (bicyclic) bond motifs is 1. The molecule has 52 heavy (non-hydrogen) atoms. The fourth-order valence-corrected chi connectivity index (χ4v) is 8.31. The highest BCUT2D eigenvalue weighted by atomic mass is 32.2. The van der Waals surface area contributed by atoms with Gasteiger partial charge in [-0.2, -0.15) is 0 Å². The molecule has 2 aliphatic rings. The van der Waals surface area contributed by atoms with Gasteiger partial charge in [0, 0.05) is 25.1 Å². The Balaban J connectivity index is 1.43. The summed E-state index contributed by atoms with van der Waals surface area (Å²) < 4.78 is 41.5. The number of aliphatic imine (C=N–C) groups is 1. The van der Waals surface area contributed by atoms with Gasteiger partial charge >= 0.3 is 5.97 Å². The van der Waals surface area contributed by atoms with Crippen LogP contribution in [0.1, 0.15) is 88.1 Å². The molecule has 15 heteroatoms. The second-order valence-corrected chi connectivity index (χ2v) is 16.9. The van der Waals surface area contributed by atoms with E-state index < -0.39 is 51.5 Å².